The van der Waals surface area contributed by atoms with E-state index in [1.54, 1.807) is 18.4 Å². The van der Waals surface area contributed by atoms with E-state index >= 15 is 0 Å². The molecule has 1 aromatic heterocycles. The maximum Gasteiger partial charge on any atom is 0.470 e. The second-order valence-electron chi connectivity index (χ2n) is 5.81. The molecule has 134 valence electrons. The zero-order valence-electron chi connectivity index (χ0n) is 13.7. The maximum absolute atomic E-state index is 10.8. The number of hydrogen-bond acceptors (Lipinski definition) is 7. The Kier molecular flexibility index (Phi) is 5.94. The van der Waals surface area contributed by atoms with Crippen molar-refractivity contribution >= 4 is 35.7 Å². The van der Waals surface area contributed by atoms with Crippen LogP contribution >= 0.6 is 11.9 Å². The fraction of sp³-hybridized carbons (Fsp3) is 0.176. The molecule has 0 unspecified atom stereocenters. The third-order valence-electron chi connectivity index (χ3n) is 3.96. The van der Waals surface area contributed by atoms with Crippen LogP contribution < -0.4 is 4.72 Å². The van der Waals surface area contributed by atoms with Crippen LogP contribution in [0.3, 0.4) is 0 Å². The van der Waals surface area contributed by atoms with Gasteiger partial charge in [-0.1, -0.05) is 42.3 Å². The predicted octanol–water partition coefficient (Wildman–Crippen LogP) is 2.70. The first-order valence-electron chi connectivity index (χ1n) is 7.96. The summed E-state index contributed by atoms with van der Waals surface area (Å²) in [5, 5.41) is 31.1. The van der Waals surface area contributed by atoms with Gasteiger partial charge in [-0.3, -0.25) is 14.8 Å². The zero-order chi connectivity index (χ0) is 18.5. The Morgan fingerprint density at radius 1 is 1.23 bits per heavy atom. The second kappa shape index (κ2) is 8.37. The van der Waals surface area contributed by atoms with Crippen molar-refractivity contribution in [1.82, 2.24) is 4.72 Å². The largest absolute Gasteiger partial charge is 0.470 e. The quantitative estimate of drug-likeness (QED) is 0.241. The molecule has 0 aliphatic rings. The molecule has 2 aromatic carbocycles. The van der Waals surface area contributed by atoms with E-state index in [1.807, 2.05) is 24.3 Å². The molecule has 3 aromatic rings. The Labute approximate surface area is 154 Å². The van der Waals surface area contributed by atoms with Gasteiger partial charge in [0.1, 0.15) is 5.58 Å². The van der Waals surface area contributed by atoms with Crippen molar-refractivity contribution in [2.75, 3.05) is 0 Å². The first-order chi connectivity index (χ1) is 12.5. The molecule has 3 N–H and O–H groups in total. The Balaban J connectivity index is 1.62. The Morgan fingerprint density at radius 2 is 2.04 bits per heavy atom. The summed E-state index contributed by atoms with van der Waals surface area (Å²) in [6.07, 6.45) is 1.99. The van der Waals surface area contributed by atoms with Crippen molar-refractivity contribution < 1.29 is 19.4 Å². The van der Waals surface area contributed by atoms with Gasteiger partial charge in [0.15, 0.2) is 0 Å². The molecule has 0 bridgehead atoms. The summed E-state index contributed by atoms with van der Waals surface area (Å²) in [6, 6.07) is 13.9. The van der Waals surface area contributed by atoms with E-state index in [-0.39, 0.29) is 5.69 Å². The van der Waals surface area contributed by atoms with E-state index in [9.17, 15) is 20.2 Å². The maximum atomic E-state index is 10.8. The number of nitro groups is 1. The van der Waals surface area contributed by atoms with Gasteiger partial charge in [-0.15, -0.1) is 0 Å². The third kappa shape index (κ3) is 4.44. The van der Waals surface area contributed by atoms with Crippen LogP contribution in [0, 0.1) is 10.1 Å². The number of hydrogen-bond donors (Lipinski definition) is 3. The van der Waals surface area contributed by atoms with Crippen LogP contribution in [0.15, 0.2) is 59.2 Å². The Bertz CT molecular complexity index is 902. The van der Waals surface area contributed by atoms with Gasteiger partial charge in [0.25, 0.3) is 5.69 Å². The topological polar surface area (TPSA) is 109 Å². The van der Waals surface area contributed by atoms with Gasteiger partial charge in [0, 0.05) is 23.3 Å². The summed E-state index contributed by atoms with van der Waals surface area (Å²) < 4.78 is 8.50. The van der Waals surface area contributed by atoms with E-state index in [2.05, 4.69) is 4.72 Å². The monoisotopic (exact) mass is 372 g/mol. The van der Waals surface area contributed by atoms with E-state index in [0.29, 0.717) is 12.2 Å². The molecule has 26 heavy (non-hydrogen) atoms. The van der Waals surface area contributed by atoms with Crippen molar-refractivity contribution in [3.63, 3.8) is 0 Å². The normalized spacial score (nSPS) is 12.2. The van der Waals surface area contributed by atoms with Crippen molar-refractivity contribution in [1.29, 1.82) is 0 Å². The first kappa shape index (κ1) is 18.5. The number of nitrogens with one attached hydrogen (secondary N) is 1. The molecule has 0 radical (unpaired) electrons. The molecule has 0 saturated carbocycles. The van der Waals surface area contributed by atoms with Gasteiger partial charge in [-0.05, 0) is 23.6 Å². The number of fused-ring (bicyclic) bond motifs is 1. The highest BCUT2D eigenvalue weighted by Gasteiger charge is 2.25. The zero-order valence-corrected chi connectivity index (χ0v) is 14.6. The lowest BCUT2D eigenvalue weighted by atomic mass is 9.77. The van der Waals surface area contributed by atoms with Crippen molar-refractivity contribution in [3.05, 3.63) is 76.0 Å². The molecule has 1 heterocycles. The minimum Gasteiger partial charge on any atom is -0.464 e. The van der Waals surface area contributed by atoms with Crippen LogP contribution in [0.4, 0.5) is 5.69 Å². The van der Waals surface area contributed by atoms with Gasteiger partial charge in [-0.2, -0.15) is 0 Å². The molecule has 0 amide bonds. The summed E-state index contributed by atoms with van der Waals surface area (Å²) >= 11 is 1.27. The minimum atomic E-state index is -1.55. The highest BCUT2D eigenvalue weighted by Crippen LogP contribution is 2.23. The number of rotatable bonds is 8. The molecule has 0 saturated heterocycles. The standard InChI is InChI=1S/C17H17BN2O5S/c21-18(22)17(9-13-10-25-16-7-2-1-6-15(13)16)19-26-11-12-4-3-5-14(8-12)20(23)24/h1-8,10,17,19,21-22H,9,11H2/t17-/m0/s1. The average Bonchev–Trinajstić information content (AvgIpc) is 3.04. The predicted molar refractivity (Wildman–Crippen MR) is 101 cm³/mol. The first-order valence-corrected chi connectivity index (χ1v) is 8.95. The summed E-state index contributed by atoms with van der Waals surface area (Å²) in [5.74, 6) is -0.156. The van der Waals surface area contributed by atoms with Crippen LogP contribution in [0.25, 0.3) is 11.0 Å². The number of benzene rings is 2. The number of nitro benzene ring substituents is 1. The second-order valence-corrected chi connectivity index (χ2v) is 6.63. The highest BCUT2D eigenvalue weighted by molar-refractivity contribution is 7.96. The SMILES string of the molecule is O=[N+]([O-])c1cccc(CSN[C@@H](Cc2coc3ccccc23)B(O)O)c1. The van der Waals surface area contributed by atoms with Crippen LogP contribution in [0.2, 0.25) is 0 Å². The summed E-state index contributed by atoms with van der Waals surface area (Å²) in [4.78, 5) is 10.4. The van der Waals surface area contributed by atoms with Crippen LogP contribution in [0.1, 0.15) is 11.1 Å². The summed E-state index contributed by atoms with van der Waals surface area (Å²) in [6.45, 7) is 0. The van der Waals surface area contributed by atoms with Crippen LogP contribution in [0.5, 0.6) is 0 Å². The Hall–Kier alpha value is -2.33. The highest BCUT2D eigenvalue weighted by atomic mass is 32.2. The number of para-hydroxylation sites is 1. The molecule has 1 atom stereocenters. The summed E-state index contributed by atoms with van der Waals surface area (Å²) in [7, 11) is -1.55. The van der Waals surface area contributed by atoms with Crippen LogP contribution in [-0.2, 0) is 12.2 Å². The molecule has 0 aliphatic carbocycles. The van der Waals surface area contributed by atoms with Gasteiger partial charge in [-0.25, -0.2) is 0 Å². The van der Waals surface area contributed by atoms with Crippen LogP contribution in [-0.4, -0.2) is 28.0 Å². The number of nitrogens with zero attached hydrogens (tertiary/aromatic N) is 1. The van der Waals surface area contributed by atoms with Gasteiger partial charge >= 0.3 is 7.12 Å². The molecule has 0 aliphatic heterocycles. The van der Waals surface area contributed by atoms with Crippen molar-refractivity contribution in [3.8, 4) is 0 Å². The molecule has 0 fully saturated rings. The lowest BCUT2D eigenvalue weighted by Gasteiger charge is -2.16. The van der Waals surface area contributed by atoms with Gasteiger partial charge in [0.2, 0.25) is 0 Å². The van der Waals surface area contributed by atoms with E-state index < -0.39 is 18.0 Å². The fourth-order valence-electron chi connectivity index (χ4n) is 2.63. The molecular formula is C17H17BN2O5S. The lowest BCUT2D eigenvalue weighted by Crippen LogP contribution is -2.42. The Morgan fingerprint density at radius 3 is 2.81 bits per heavy atom. The number of non-ortho nitro benzene ring substituents is 1. The molecule has 9 heteroatoms. The molecular weight excluding hydrogens is 355 g/mol. The van der Waals surface area contributed by atoms with E-state index in [1.165, 1.54) is 24.1 Å². The van der Waals surface area contributed by atoms with E-state index in [0.717, 1.165) is 22.1 Å². The molecule has 7 nitrogen and oxygen atoms in total. The van der Waals surface area contributed by atoms with Crippen molar-refractivity contribution in [2.24, 2.45) is 0 Å². The van der Waals surface area contributed by atoms with Gasteiger partial charge < -0.3 is 14.5 Å². The smallest absolute Gasteiger partial charge is 0.464 e. The average molecular weight is 372 g/mol. The lowest BCUT2D eigenvalue weighted by molar-refractivity contribution is -0.384. The number of furan rings is 1. The van der Waals surface area contributed by atoms with E-state index in [4.69, 9.17) is 4.42 Å². The summed E-state index contributed by atoms with van der Waals surface area (Å²) in [5.41, 5.74) is 2.43. The minimum absolute atomic E-state index is 0.0340. The third-order valence-corrected chi connectivity index (χ3v) is 4.90. The fourth-order valence-corrected chi connectivity index (χ4v) is 3.48. The molecule has 0 spiro atoms. The molecule has 3 rings (SSSR count). The van der Waals surface area contributed by atoms with Gasteiger partial charge in [0.05, 0.1) is 17.1 Å². The van der Waals surface area contributed by atoms with Crippen molar-refractivity contribution in [2.45, 2.75) is 18.1 Å².